The number of imide groups is 1. The normalized spacial score (nSPS) is 20.1. The number of hydrogen-bond acceptors (Lipinski definition) is 7. The Morgan fingerprint density at radius 3 is 2.51 bits per heavy atom. The van der Waals surface area contributed by atoms with Gasteiger partial charge in [0.1, 0.15) is 5.60 Å². The van der Waals surface area contributed by atoms with Crippen molar-refractivity contribution >= 4 is 56.7 Å². The second kappa shape index (κ2) is 9.42. The molecule has 10 heteroatoms. The molecular weight excluding hydrogens is 560 g/mol. The molecule has 0 N–H and O–H groups in total. The fourth-order valence-electron chi connectivity index (χ4n) is 6.50. The van der Waals surface area contributed by atoms with E-state index in [1.807, 2.05) is 39.1 Å². The van der Waals surface area contributed by atoms with Crippen LogP contribution >= 0.6 is 22.9 Å². The summed E-state index contributed by atoms with van der Waals surface area (Å²) in [4.78, 5) is 48.4. The van der Waals surface area contributed by atoms with Gasteiger partial charge in [-0.05, 0) is 75.3 Å². The number of amides is 3. The molecule has 8 nitrogen and oxygen atoms in total. The third-order valence-corrected chi connectivity index (χ3v) is 10.2. The van der Waals surface area contributed by atoms with Gasteiger partial charge in [0.25, 0.3) is 0 Å². The molecule has 3 fully saturated rings. The first kappa shape index (κ1) is 26.7. The molecule has 0 unspecified atom stereocenters. The van der Waals surface area contributed by atoms with E-state index in [0.717, 1.165) is 52.0 Å². The highest BCUT2D eigenvalue weighted by molar-refractivity contribution is 7.19. The largest absolute Gasteiger partial charge is 0.444 e. The number of fused-ring (bicyclic) bond motifs is 3. The Labute approximate surface area is 248 Å². The number of carbonyl (C=O) groups excluding carboxylic acids is 3. The van der Waals surface area contributed by atoms with Crippen molar-refractivity contribution in [2.75, 3.05) is 24.5 Å². The number of nitrogens with zero attached hydrogens (tertiary/aromatic N) is 4. The van der Waals surface area contributed by atoms with Crippen LogP contribution in [0, 0.1) is 0 Å². The Kier molecular flexibility index (Phi) is 6.14. The molecule has 2 saturated heterocycles. The third kappa shape index (κ3) is 4.67. The molecule has 0 radical (unpaired) electrons. The summed E-state index contributed by atoms with van der Waals surface area (Å²) in [6.07, 6.45) is 5.52. The molecule has 4 aliphatic rings. The number of aromatic nitrogens is 1. The van der Waals surface area contributed by atoms with Gasteiger partial charge in [-0.2, -0.15) is 0 Å². The maximum Gasteiger partial charge on any atom is 0.410 e. The highest BCUT2D eigenvalue weighted by Crippen LogP contribution is 2.59. The van der Waals surface area contributed by atoms with E-state index in [-0.39, 0.29) is 48.8 Å². The standard InChI is InChI=1S/C31H33ClN4O4S/c1-30(2,3)40-29(39)34-15-19(16-34)35-11-9-31(7-8-31)23-13-18(32)12-22(27(23)35)21-6-10-33-24-14-20(41-28(21)24)17-36-25(37)4-5-26(36)38/h6,10,12-14,19H,4-5,7-9,11,15-17H2,1-3H3. The van der Waals surface area contributed by atoms with Gasteiger partial charge >= 0.3 is 6.09 Å². The second-order valence-corrected chi connectivity index (χ2v) is 14.3. The average molecular weight is 593 g/mol. The molecular formula is C31H33ClN4O4S. The minimum atomic E-state index is -0.524. The molecule has 7 rings (SSSR count). The van der Waals surface area contributed by atoms with E-state index in [1.54, 1.807) is 16.2 Å². The quantitative estimate of drug-likeness (QED) is 0.339. The van der Waals surface area contributed by atoms with Gasteiger partial charge in [-0.15, -0.1) is 11.3 Å². The van der Waals surface area contributed by atoms with Gasteiger partial charge in [-0.25, -0.2) is 4.79 Å². The molecule has 3 aromatic rings. The van der Waals surface area contributed by atoms with E-state index in [0.29, 0.717) is 18.1 Å². The van der Waals surface area contributed by atoms with Crippen LogP contribution in [0.4, 0.5) is 10.5 Å². The number of carbonyl (C=O) groups is 3. The molecule has 3 aliphatic heterocycles. The Hall–Kier alpha value is -3.17. The lowest BCUT2D eigenvalue weighted by atomic mass is 9.82. The fraction of sp³-hybridized carbons (Fsp3) is 0.484. The van der Waals surface area contributed by atoms with Crippen molar-refractivity contribution < 1.29 is 19.1 Å². The lowest BCUT2D eigenvalue weighted by Crippen LogP contribution is -2.63. The highest BCUT2D eigenvalue weighted by Gasteiger charge is 2.51. The monoisotopic (exact) mass is 592 g/mol. The number of thiophene rings is 1. The van der Waals surface area contributed by atoms with Crippen molar-refractivity contribution in [2.24, 2.45) is 0 Å². The number of hydrogen-bond donors (Lipinski definition) is 0. The van der Waals surface area contributed by atoms with Crippen molar-refractivity contribution in [1.82, 2.24) is 14.8 Å². The smallest absolute Gasteiger partial charge is 0.410 e. The lowest BCUT2D eigenvalue weighted by molar-refractivity contribution is -0.139. The summed E-state index contributed by atoms with van der Waals surface area (Å²) >= 11 is 8.39. The number of benzene rings is 1. The van der Waals surface area contributed by atoms with Crippen LogP contribution in [-0.2, 0) is 26.3 Å². The SMILES string of the molecule is CC(C)(C)OC(=O)N1CC(N2CCC3(CC3)c3cc(Cl)cc(-c4ccnc5cc(CN6C(=O)CCC6=O)sc45)c32)C1. The van der Waals surface area contributed by atoms with Crippen LogP contribution in [0.15, 0.2) is 30.5 Å². The van der Waals surface area contributed by atoms with Gasteiger partial charge in [0.05, 0.1) is 22.8 Å². The number of rotatable bonds is 4. The van der Waals surface area contributed by atoms with Crippen molar-refractivity contribution in [3.63, 3.8) is 0 Å². The average Bonchev–Trinajstić information content (AvgIpc) is 3.42. The van der Waals surface area contributed by atoms with Crippen LogP contribution in [0.1, 0.15) is 63.3 Å². The number of likely N-dealkylation sites (tertiary alicyclic amines) is 2. The maximum atomic E-state index is 12.7. The Morgan fingerprint density at radius 1 is 1.10 bits per heavy atom. The predicted molar refractivity (Wildman–Crippen MR) is 159 cm³/mol. The maximum absolute atomic E-state index is 12.7. The Morgan fingerprint density at radius 2 is 1.83 bits per heavy atom. The summed E-state index contributed by atoms with van der Waals surface area (Å²) in [6, 6.07) is 8.43. The van der Waals surface area contributed by atoms with Crippen LogP contribution in [-0.4, -0.2) is 64.0 Å². The molecule has 3 amide bonds. The van der Waals surface area contributed by atoms with Gasteiger partial charge in [-0.1, -0.05) is 11.6 Å². The van der Waals surface area contributed by atoms with E-state index >= 15 is 0 Å². The number of pyridine rings is 1. The topological polar surface area (TPSA) is 83.1 Å². The van der Waals surface area contributed by atoms with Gasteiger partial charge in [0.15, 0.2) is 0 Å². The fourth-order valence-corrected chi connectivity index (χ4v) is 7.84. The van der Waals surface area contributed by atoms with Crippen LogP contribution in [0.2, 0.25) is 5.02 Å². The summed E-state index contributed by atoms with van der Waals surface area (Å²) in [6.45, 7) is 8.12. The minimum Gasteiger partial charge on any atom is -0.444 e. The van der Waals surface area contributed by atoms with Crippen LogP contribution in [0.25, 0.3) is 21.3 Å². The molecule has 41 heavy (non-hydrogen) atoms. The zero-order valence-electron chi connectivity index (χ0n) is 23.5. The van der Waals surface area contributed by atoms with Gasteiger partial charge in [0, 0.05) is 65.4 Å². The first-order valence-corrected chi connectivity index (χ1v) is 15.5. The predicted octanol–water partition coefficient (Wildman–Crippen LogP) is 6.13. The van der Waals surface area contributed by atoms with Gasteiger partial charge in [-0.3, -0.25) is 19.5 Å². The zero-order valence-corrected chi connectivity index (χ0v) is 25.1. The number of anilines is 1. The van der Waals surface area contributed by atoms with Crippen molar-refractivity contribution in [3.05, 3.63) is 45.9 Å². The van der Waals surface area contributed by atoms with Crippen molar-refractivity contribution in [2.45, 2.75) is 76.5 Å². The number of halogens is 1. The van der Waals surface area contributed by atoms with Crippen molar-refractivity contribution in [1.29, 1.82) is 0 Å². The summed E-state index contributed by atoms with van der Waals surface area (Å²) in [5.74, 6) is -0.230. The lowest BCUT2D eigenvalue weighted by Gasteiger charge is -2.50. The molecule has 1 spiro atoms. The molecule has 5 heterocycles. The molecule has 0 bridgehead atoms. The Balaban J connectivity index is 1.26. The summed E-state index contributed by atoms with van der Waals surface area (Å²) in [7, 11) is 0. The van der Waals surface area contributed by atoms with Crippen molar-refractivity contribution in [3.8, 4) is 11.1 Å². The van der Waals surface area contributed by atoms with Gasteiger partial charge < -0.3 is 14.5 Å². The second-order valence-electron chi connectivity index (χ2n) is 12.8. The summed E-state index contributed by atoms with van der Waals surface area (Å²) in [5.41, 5.74) is 5.13. The van der Waals surface area contributed by atoms with E-state index in [4.69, 9.17) is 16.3 Å². The summed E-state index contributed by atoms with van der Waals surface area (Å²) < 4.78 is 6.63. The van der Waals surface area contributed by atoms with Crippen LogP contribution < -0.4 is 4.90 Å². The molecule has 1 saturated carbocycles. The first-order chi connectivity index (χ1) is 19.5. The van der Waals surface area contributed by atoms with E-state index < -0.39 is 5.60 Å². The zero-order chi connectivity index (χ0) is 28.7. The molecule has 1 aromatic carbocycles. The molecule has 2 aromatic heterocycles. The van der Waals surface area contributed by atoms with E-state index in [9.17, 15) is 14.4 Å². The Bertz CT molecular complexity index is 1590. The first-order valence-electron chi connectivity index (χ1n) is 14.3. The minimum absolute atomic E-state index is 0.115. The van der Waals surface area contributed by atoms with E-state index in [1.165, 1.54) is 16.2 Å². The van der Waals surface area contributed by atoms with Crippen LogP contribution in [0.3, 0.4) is 0 Å². The molecule has 0 atom stereocenters. The highest BCUT2D eigenvalue weighted by atomic mass is 35.5. The van der Waals surface area contributed by atoms with Gasteiger partial charge in [0.2, 0.25) is 11.8 Å². The number of ether oxygens (including phenoxy) is 1. The molecule has 1 aliphatic carbocycles. The molecule has 214 valence electrons. The third-order valence-electron chi connectivity index (χ3n) is 8.79. The summed E-state index contributed by atoms with van der Waals surface area (Å²) in [5, 5.41) is 0.714. The van der Waals surface area contributed by atoms with Crippen LogP contribution in [0.5, 0.6) is 0 Å². The van der Waals surface area contributed by atoms with E-state index in [2.05, 4.69) is 22.0 Å².